The number of nitrogens with zero attached hydrogens (tertiary/aromatic N) is 1. The lowest BCUT2D eigenvalue weighted by Gasteiger charge is -2.19. The number of hydrogen-bond donors (Lipinski definition) is 2. The van der Waals surface area contributed by atoms with E-state index in [2.05, 4.69) is 10.6 Å². The molecule has 0 aliphatic carbocycles. The smallest absolute Gasteiger partial charge is 0.256 e. The van der Waals surface area contributed by atoms with Gasteiger partial charge < -0.3 is 15.5 Å². The van der Waals surface area contributed by atoms with Gasteiger partial charge in [0.25, 0.3) is 5.91 Å². The molecule has 2 amide bonds. The molecule has 2 aromatic rings. The topological polar surface area (TPSA) is 61.4 Å². The van der Waals surface area contributed by atoms with E-state index in [4.69, 9.17) is 11.6 Å². The van der Waals surface area contributed by atoms with Crippen LogP contribution in [-0.4, -0.2) is 36.3 Å². The van der Waals surface area contributed by atoms with Crippen molar-refractivity contribution < 1.29 is 9.59 Å². The Morgan fingerprint density at radius 3 is 2.56 bits per heavy atom. The fourth-order valence-corrected chi connectivity index (χ4v) is 3.37. The molecular weight excluding hydrogens is 362 g/mol. The second-order valence-electron chi connectivity index (χ2n) is 6.84. The highest BCUT2D eigenvalue weighted by atomic mass is 35.5. The number of carbonyl (C=O) groups is 2. The third-order valence-corrected chi connectivity index (χ3v) is 5.16. The van der Waals surface area contributed by atoms with E-state index >= 15 is 0 Å². The van der Waals surface area contributed by atoms with Gasteiger partial charge in [-0.25, -0.2) is 0 Å². The van der Waals surface area contributed by atoms with Crippen LogP contribution in [0.3, 0.4) is 0 Å². The summed E-state index contributed by atoms with van der Waals surface area (Å²) in [6.45, 7) is 5.57. The van der Waals surface area contributed by atoms with Crippen molar-refractivity contribution in [3.63, 3.8) is 0 Å². The van der Waals surface area contributed by atoms with Crippen LogP contribution in [0.2, 0.25) is 5.02 Å². The highest BCUT2D eigenvalue weighted by Gasteiger charge is 2.22. The zero-order valence-electron chi connectivity index (χ0n) is 15.6. The molecule has 1 fully saturated rings. The molecule has 0 radical (unpaired) electrons. The van der Waals surface area contributed by atoms with Gasteiger partial charge in [0, 0.05) is 29.5 Å². The van der Waals surface area contributed by atoms with Gasteiger partial charge in [0.15, 0.2) is 0 Å². The van der Waals surface area contributed by atoms with Crippen molar-refractivity contribution in [2.75, 3.05) is 30.3 Å². The first kappa shape index (κ1) is 19.2. The van der Waals surface area contributed by atoms with Crippen molar-refractivity contribution in [2.24, 2.45) is 0 Å². The van der Waals surface area contributed by atoms with Gasteiger partial charge in [-0.05, 0) is 62.1 Å². The molecule has 1 aliphatic heterocycles. The molecule has 3 rings (SSSR count). The second-order valence-corrected chi connectivity index (χ2v) is 7.27. The maximum Gasteiger partial charge on any atom is 0.256 e. The zero-order valence-corrected chi connectivity index (χ0v) is 16.4. The molecule has 5 nitrogen and oxygen atoms in total. The molecule has 2 aromatic carbocycles. The maximum atomic E-state index is 12.8. The van der Waals surface area contributed by atoms with Gasteiger partial charge in [-0.15, -0.1) is 0 Å². The van der Waals surface area contributed by atoms with Crippen LogP contribution in [0.25, 0.3) is 0 Å². The van der Waals surface area contributed by atoms with E-state index in [1.54, 1.807) is 18.2 Å². The van der Waals surface area contributed by atoms with Gasteiger partial charge in [0.2, 0.25) is 5.91 Å². The Balaban J connectivity index is 1.69. The molecule has 0 bridgehead atoms. The number of rotatable bonds is 5. The molecule has 1 aliphatic rings. The summed E-state index contributed by atoms with van der Waals surface area (Å²) in [7, 11) is 0. The summed E-state index contributed by atoms with van der Waals surface area (Å²) in [6.07, 6.45) is 2.04. The van der Waals surface area contributed by atoms with Crippen LogP contribution in [0.5, 0.6) is 0 Å². The minimum absolute atomic E-state index is 0.0487. The molecule has 142 valence electrons. The van der Waals surface area contributed by atoms with Gasteiger partial charge in [-0.1, -0.05) is 23.7 Å². The number of likely N-dealkylation sites (tertiary alicyclic amines) is 1. The number of anilines is 2. The molecule has 1 saturated heterocycles. The van der Waals surface area contributed by atoms with Gasteiger partial charge in [0.1, 0.15) is 0 Å². The van der Waals surface area contributed by atoms with E-state index in [9.17, 15) is 9.59 Å². The molecule has 0 unspecified atom stereocenters. The van der Waals surface area contributed by atoms with Crippen LogP contribution in [0.1, 0.15) is 34.3 Å². The minimum Gasteiger partial charge on any atom is -0.375 e. The van der Waals surface area contributed by atoms with Crippen molar-refractivity contribution in [2.45, 2.75) is 26.7 Å². The van der Waals surface area contributed by atoms with Crippen LogP contribution < -0.4 is 10.6 Å². The van der Waals surface area contributed by atoms with Crippen LogP contribution >= 0.6 is 11.6 Å². The highest BCUT2D eigenvalue weighted by Crippen LogP contribution is 2.24. The summed E-state index contributed by atoms with van der Waals surface area (Å²) >= 11 is 6.09. The van der Waals surface area contributed by atoms with Gasteiger partial charge in [0.05, 0.1) is 12.1 Å². The second kappa shape index (κ2) is 8.44. The third-order valence-electron chi connectivity index (χ3n) is 4.92. The van der Waals surface area contributed by atoms with Crippen LogP contribution in [0.15, 0.2) is 36.4 Å². The maximum absolute atomic E-state index is 12.8. The average molecular weight is 386 g/mol. The summed E-state index contributed by atoms with van der Waals surface area (Å²) in [5.41, 5.74) is 4.09. The Labute approximate surface area is 164 Å². The van der Waals surface area contributed by atoms with Crippen molar-refractivity contribution in [3.05, 3.63) is 58.1 Å². The molecule has 2 N–H and O–H groups in total. The largest absolute Gasteiger partial charge is 0.375 e. The van der Waals surface area contributed by atoms with Crippen LogP contribution in [0.4, 0.5) is 11.4 Å². The van der Waals surface area contributed by atoms with E-state index in [1.165, 1.54) is 0 Å². The standard InChI is InChI=1S/C21H24ClN3O2/c1-14-6-5-7-18(15(14)2)24-20(26)13-23-19-9-8-16(22)12-17(19)21(27)25-10-3-4-11-25/h5-9,12,23H,3-4,10-11,13H2,1-2H3,(H,24,26). The fraction of sp³-hybridized carbons (Fsp3) is 0.333. The third kappa shape index (κ3) is 4.61. The first-order chi connectivity index (χ1) is 13.0. The Hall–Kier alpha value is -2.53. The van der Waals surface area contributed by atoms with Crippen molar-refractivity contribution in [1.29, 1.82) is 0 Å². The van der Waals surface area contributed by atoms with Gasteiger partial charge in [-0.3, -0.25) is 9.59 Å². The van der Waals surface area contributed by atoms with Crippen molar-refractivity contribution >= 4 is 34.8 Å². The van der Waals surface area contributed by atoms with Gasteiger partial charge in [-0.2, -0.15) is 0 Å². The lowest BCUT2D eigenvalue weighted by Crippen LogP contribution is -2.29. The number of benzene rings is 2. The number of carbonyl (C=O) groups excluding carboxylic acids is 2. The highest BCUT2D eigenvalue weighted by molar-refractivity contribution is 6.31. The van der Waals surface area contributed by atoms with E-state index in [0.29, 0.717) is 16.3 Å². The zero-order chi connectivity index (χ0) is 19.4. The fourth-order valence-electron chi connectivity index (χ4n) is 3.19. The summed E-state index contributed by atoms with van der Waals surface area (Å²) in [4.78, 5) is 26.9. The molecular formula is C21H24ClN3O2. The average Bonchev–Trinajstić information content (AvgIpc) is 3.18. The van der Waals surface area contributed by atoms with Crippen molar-refractivity contribution in [3.8, 4) is 0 Å². The Bertz CT molecular complexity index is 861. The number of halogens is 1. The number of amides is 2. The summed E-state index contributed by atoms with van der Waals surface area (Å²) in [6, 6.07) is 10.9. The van der Waals surface area contributed by atoms with E-state index < -0.39 is 0 Å². The molecule has 6 heteroatoms. The molecule has 27 heavy (non-hydrogen) atoms. The number of nitrogens with one attached hydrogen (secondary N) is 2. The van der Waals surface area contributed by atoms with E-state index in [1.807, 2.05) is 36.9 Å². The SMILES string of the molecule is Cc1cccc(NC(=O)CNc2ccc(Cl)cc2C(=O)N2CCCC2)c1C. The van der Waals surface area contributed by atoms with E-state index in [0.717, 1.165) is 42.7 Å². The minimum atomic E-state index is -0.168. The Morgan fingerprint density at radius 2 is 1.81 bits per heavy atom. The van der Waals surface area contributed by atoms with Crippen LogP contribution in [-0.2, 0) is 4.79 Å². The molecule has 0 spiro atoms. The number of hydrogen-bond acceptors (Lipinski definition) is 3. The number of aryl methyl sites for hydroxylation is 1. The van der Waals surface area contributed by atoms with Crippen LogP contribution in [0, 0.1) is 13.8 Å². The molecule has 0 atom stereocenters. The lowest BCUT2D eigenvalue weighted by molar-refractivity contribution is -0.114. The van der Waals surface area contributed by atoms with Crippen molar-refractivity contribution in [1.82, 2.24) is 4.90 Å². The Morgan fingerprint density at radius 1 is 1.07 bits per heavy atom. The quantitative estimate of drug-likeness (QED) is 0.809. The van der Waals surface area contributed by atoms with E-state index in [-0.39, 0.29) is 18.4 Å². The predicted octanol–water partition coefficient (Wildman–Crippen LogP) is 4.24. The van der Waals surface area contributed by atoms with Gasteiger partial charge >= 0.3 is 0 Å². The summed E-state index contributed by atoms with van der Waals surface area (Å²) in [5, 5.41) is 6.50. The first-order valence-electron chi connectivity index (χ1n) is 9.14. The summed E-state index contributed by atoms with van der Waals surface area (Å²) < 4.78 is 0. The molecule has 1 heterocycles. The molecule has 0 saturated carbocycles. The normalized spacial score (nSPS) is 13.5. The first-order valence-corrected chi connectivity index (χ1v) is 9.52. The Kier molecular flexibility index (Phi) is 6.01. The molecule has 0 aromatic heterocycles. The monoisotopic (exact) mass is 385 g/mol. The lowest BCUT2D eigenvalue weighted by atomic mass is 10.1. The predicted molar refractivity (Wildman–Crippen MR) is 110 cm³/mol. The summed E-state index contributed by atoms with van der Waals surface area (Å²) in [5.74, 6) is -0.217.